The summed E-state index contributed by atoms with van der Waals surface area (Å²) in [5.41, 5.74) is 6.34. The number of anilines is 1. The number of hydrogen-bond donors (Lipinski definition) is 1. The van der Waals surface area contributed by atoms with E-state index in [2.05, 4.69) is 0 Å². The van der Waals surface area contributed by atoms with Gasteiger partial charge in [-0.2, -0.15) is 0 Å². The second-order valence-electron chi connectivity index (χ2n) is 5.56. The first-order valence-corrected chi connectivity index (χ1v) is 6.42. The third-order valence-corrected chi connectivity index (χ3v) is 2.36. The molecule has 0 aliphatic rings. The van der Waals surface area contributed by atoms with Crippen LogP contribution in [0.25, 0.3) is 0 Å². The lowest BCUT2D eigenvalue weighted by molar-refractivity contribution is -0.161. The van der Waals surface area contributed by atoms with E-state index in [1.54, 1.807) is 45.0 Å². The normalized spacial score (nSPS) is 12.6. The Morgan fingerprint density at radius 3 is 2.45 bits per heavy atom. The van der Waals surface area contributed by atoms with Gasteiger partial charge in [-0.15, -0.1) is 0 Å². The van der Waals surface area contributed by atoms with Crippen molar-refractivity contribution in [3.05, 3.63) is 29.8 Å². The zero-order valence-electron chi connectivity index (χ0n) is 12.3. The Kier molecular flexibility index (Phi) is 5.13. The fourth-order valence-corrected chi connectivity index (χ4v) is 1.72. The highest BCUT2D eigenvalue weighted by Gasteiger charge is 2.23. The van der Waals surface area contributed by atoms with E-state index in [1.807, 2.05) is 0 Å². The summed E-state index contributed by atoms with van der Waals surface area (Å²) in [7, 11) is 0. The van der Waals surface area contributed by atoms with Crippen LogP contribution in [0.4, 0.5) is 5.69 Å². The van der Waals surface area contributed by atoms with Crippen LogP contribution in [0, 0.1) is 0 Å². The van der Waals surface area contributed by atoms with Crippen molar-refractivity contribution in [2.45, 2.75) is 45.8 Å². The van der Waals surface area contributed by atoms with Gasteiger partial charge in [0, 0.05) is 12.6 Å². The SMILES string of the molecule is CC(=O)OC(CC(=O)OC(C)(C)C)c1cccc(N)c1. The molecule has 0 spiro atoms. The Morgan fingerprint density at radius 1 is 1.30 bits per heavy atom. The molecular weight excluding hydrogens is 258 g/mol. The van der Waals surface area contributed by atoms with Crippen LogP contribution < -0.4 is 5.73 Å². The number of hydrogen-bond acceptors (Lipinski definition) is 5. The molecule has 1 aromatic carbocycles. The van der Waals surface area contributed by atoms with Gasteiger partial charge in [0.25, 0.3) is 0 Å². The number of ether oxygens (including phenoxy) is 2. The molecule has 0 aliphatic heterocycles. The van der Waals surface area contributed by atoms with Gasteiger partial charge in [-0.1, -0.05) is 12.1 Å². The molecule has 0 aromatic heterocycles. The van der Waals surface area contributed by atoms with E-state index in [1.165, 1.54) is 6.92 Å². The van der Waals surface area contributed by atoms with Crippen LogP contribution in [0.3, 0.4) is 0 Å². The summed E-state index contributed by atoms with van der Waals surface area (Å²) in [6.45, 7) is 6.65. The number of nitrogens with two attached hydrogens (primary N) is 1. The number of benzene rings is 1. The quantitative estimate of drug-likeness (QED) is 0.677. The number of rotatable bonds is 4. The van der Waals surface area contributed by atoms with Crippen molar-refractivity contribution < 1.29 is 19.1 Å². The summed E-state index contributed by atoms with van der Waals surface area (Å²) in [5, 5.41) is 0. The summed E-state index contributed by atoms with van der Waals surface area (Å²) < 4.78 is 10.4. The van der Waals surface area contributed by atoms with E-state index in [-0.39, 0.29) is 6.42 Å². The third kappa shape index (κ3) is 5.73. The van der Waals surface area contributed by atoms with Gasteiger partial charge in [-0.25, -0.2) is 0 Å². The van der Waals surface area contributed by atoms with E-state index in [4.69, 9.17) is 15.2 Å². The smallest absolute Gasteiger partial charge is 0.310 e. The fraction of sp³-hybridized carbons (Fsp3) is 0.467. The van der Waals surface area contributed by atoms with E-state index in [0.29, 0.717) is 11.3 Å². The summed E-state index contributed by atoms with van der Waals surface area (Å²) in [6.07, 6.45) is -0.730. The van der Waals surface area contributed by atoms with Crippen LogP contribution >= 0.6 is 0 Å². The average Bonchev–Trinajstić information content (AvgIpc) is 2.24. The Balaban J connectivity index is 2.85. The number of carbonyl (C=O) groups is 2. The summed E-state index contributed by atoms with van der Waals surface area (Å²) in [4.78, 5) is 23.0. The molecule has 1 atom stereocenters. The maximum Gasteiger partial charge on any atom is 0.310 e. The van der Waals surface area contributed by atoms with Crippen molar-refractivity contribution in [2.24, 2.45) is 0 Å². The third-order valence-electron chi connectivity index (χ3n) is 2.36. The Bertz CT molecular complexity index is 491. The number of carbonyl (C=O) groups excluding carboxylic acids is 2. The monoisotopic (exact) mass is 279 g/mol. The molecule has 0 amide bonds. The average molecular weight is 279 g/mol. The molecular formula is C15H21NO4. The first-order valence-electron chi connectivity index (χ1n) is 6.42. The molecule has 1 rings (SSSR count). The van der Waals surface area contributed by atoms with Crippen molar-refractivity contribution in [1.29, 1.82) is 0 Å². The van der Waals surface area contributed by atoms with Crippen LogP contribution in [0.15, 0.2) is 24.3 Å². The van der Waals surface area contributed by atoms with Gasteiger partial charge < -0.3 is 15.2 Å². The molecule has 0 saturated carbocycles. The molecule has 5 heteroatoms. The van der Waals surface area contributed by atoms with Crippen LogP contribution in [0.2, 0.25) is 0 Å². The molecule has 1 unspecified atom stereocenters. The predicted octanol–water partition coefficient (Wildman–Crippen LogP) is 2.60. The van der Waals surface area contributed by atoms with Crippen LogP contribution in [-0.2, 0) is 19.1 Å². The second-order valence-corrected chi connectivity index (χ2v) is 5.56. The lowest BCUT2D eigenvalue weighted by atomic mass is 10.1. The predicted molar refractivity (Wildman–Crippen MR) is 75.8 cm³/mol. The largest absolute Gasteiger partial charge is 0.460 e. The minimum absolute atomic E-state index is 0.0414. The van der Waals surface area contributed by atoms with Crippen LogP contribution in [0.5, 0.6) is 0 Å². The molecule has 20 heavy (non-hydrogen) atoms. The van der Waals surface area contributed by atoms with Gasteiger partial charge in [-0.05, 0) is 38.5 Å². The Morgan fingerprint density at radius 2 is 1.95 bits per heavy atom. The first-order chi connectivity index (χ1) is 9.17. The summed E-state index contributed by atoms with van der Waals surface area (Å²) in [5.74, 6) is -0.882. The van der Waals surface area contributed by atoms with Gasteiger partial charge in [0.2, 0.25) is 0 Å². The molecule has 0 saturated heterocycles. The molecule has 5 nitrogen and oxygen atoms in total. The maximum absolute atomic E-state index is 11.9. The van der Waals surface area contributed by atoms with Gasteiger partial charge in [0.1, 0.15) is 11.7 Å². The molecule has 0 fully saturated rings. The summed E-state index contributed by atoms with van der Waals surface area (Å²) in [6, 6.07) is 6.91. The van der Waals surface area contributed by atoms with Crippen LogP contribution in [-0.4, -0.2) is 17.5 Å². The van der Waals surface area contributed by atoms with Crippen molar-refractivity contribution in [2.75, 3.05) is 5.73 Å². The highest BCUT2D eigenvalue weighted by atomic mass is 16.6. The summed E-state index contributed by atoms with van der Waals surface area (Å²) >= 11 is 0. The second kappa shape index (κ2) is 6.41. The minimum Gasteiger partial charge on any atom is -0.460 e. The molecule has 0 radical (unpaired) electrons. The van der Waals surface area contributed by atoms with E-state index in [9.17, 15) is 9.59 Å². The van der Waals surface area contributed by atoms with E-state index in [0.717, 1.165) is 0 Å². The molecule has 0 heterocycles. The molecule has 0 bridgehead atoms. The van der Waals surface area contributed by atoms with E-state index < -0.39 is 23.6 Å². The Labute approximate surface area is 119 Å². The van der Waals surface area contributed by atoms with Gasteiger partial charge in [-0.3, -0.25) is 9.59 Å². The minimum atomic E-state index is -0.689. The lowest BCUT2D eigenvalue weighted by Gasteiger charge is -2.22. The van der Waals surface area contributed by atoms with E-state index >= 15 is 0 Å². The van der Waals surface area contributed by atoms with Gasteiger partial charge in [0.05, 0.1) is 6.42 Å². The van der Waals surface area contributed by atoms with Crippen molar-refractivity contribution in [1.82, 2.24) is 0 Å². The lowest BCUT2D eigenvalue weighted by Crippen LogP contribution is -2.25. The molecule has 110 valence electrons. The molecule has 2 N–H and O–H groups in total. The van der Waals surface area contributed by atoms with Crippen molar-refractivity contribution >= 4 is 17.6 Å². The van der Waals surface area contributed by atoms with Gasteiger partial charge in [0.15, 0.2) is 0 Å². The Hall–Kier alpha value is -2.04. The van der Waals surface area contributed by atoms with Gasteiger partial charge >= 0.3 is 11.9 Å². The standard InChI is InChI=1S/C15H21NO4/c1-10(17)19-13(9-14(18)20-15(2,3)4)11-6-5-7-12(16)8-11/h5-8,13H,9,16H2,1-4H3. The topological polar surface area (TPSA) is 78.6 Å². The molecule has 0 aliphatic carbocycles. The number of nitrogen functional groups attached to an aromatic ring is 1. The van der Waals surface area contributed by atoms with Crippen molar-refractivity contribution in [3.63, 3.8) is 0 Å². The maximum atomic E-state index is 11.9. The molecule has 1 aromatic rings. The fourth-order valence-electron chi connectivity index (χ4n) is 1.72. The highest BCUT2D eigenvalue weighted by molar-refractivity contribution is 5.72. The zero-order chi connectivity index (χ0) is 15.3. The zero-order valence-corrected chi connectivity index (χ0v) is 12.3. The number of esters is 2. The van der Waals surface area contributed by atoms with Crippen LogP contribution in [0.1, 0.15) is 45.8 Å². The highest BCUT2D eigenvalue weighted by Crippen LogP contribution is 2.24. The first kappa shape index (κ1) is 16.0. The van der Waals surface area contributed by atoms with Crippen molar-refractivity contribution in [3.8, 4) is 0 Å².